The fourth-order valence-corrected chi connectivity index (χ4v) is 5.87. The van der Waals surface area contributed by atoms with Crippen LogP contribution in [0.25, 0.3) is 0 Å². The fraction of sp³-hybridized carbons (Fsp3) is 0.515. The number of carbonyl (C=O) groups is 4. The second-order valence-corrected chi connectivity index (χ2v) is 11.6. The second kappa shape index (κ2) is 15.4. The molecular weight excluding hydrogens is 592 g/mol. The molecular formula is C33H39ClO10. The summed E-state index contributed by atoms with van der Waals surface area (Å²) in [5, 5.41) is 0.516. The lowest BCUT2D eigenvalue weighted by molar-refractivity contribution is -0.254. The van der Waals surface area contributed by atoms with E-state index in [4.69, 9.17) is 40.0 Å². The van der Waals surface area contributed by atoms with Crippen LogP contribution in [0, 0.1) is 0 Å². The molecule has 4 rings (SSSR count). The summed E-state index contributed by atoms with van der Waals surface area (Å²) in [6.07, 6.45) is 0.825. The first kappa shape index (κ1) is 33.3. The van der Waals surface area contributed by atoms with Crippen molar-refractivity contribution >= 4 is 35.5 Å². The van der Waals surface area contributed by atoms with Gasteiger partial charge in [0.05, 0.1) is 6.10 Å². The van der Waals surface area contributed by atoms with Gasteiger partial charge in [-0.3, -0.25) is 19.2 Å². The summed E-state index contributed by atoms with van der Waals surface area (Å²) in [4.78, 5) is 48.1. The summed E-state index contributed by atoms with van der Waals surface area (Å²) in [6.45, 7) is 4.51. The van der Waals surface area contributed by atoms with E-state index in [2.05, 4.69) is 0 Å². The van der Waals surface area contributed by atoms with Gasteiger partial charge in [0, 0.05) is 32.7 Å². The Labute approximate surface area is 262 Å². The van der Waals surface area contributed by atoms with E-state index >= 15 is 0 Å². The molecule has 0 bridgehead atoms. The fourth-order valence-electron chi connectivity index (χ4n) is 5.68. The first-order valence-electron chi connectivity index (χ1n) is 14.8. The number of benzene rings is 2. The SMILES string of the molecule is CC(=O)OC[C@H]1O[C@@H](c2ccc(Cl)c(Cc3ccc(OC4CCCCC4)cc3)c2)[C@H](OC(C)=O)[C@@H](OC(C)=O)[C@@H]1OC(C)=O. The van der Waals surface area contributed by atoms with Gasteiger partial charge in [-0.1, -0.05) is 42.3 Å². The molecule has 1 aliphatic carbocycles. The van der Waals surface area contributed by atoms with Crippen LogP contribution in [0.5, 0.6) is 5.75 Å². The second-order valence-electron chi connectivity index (χ2n) is 11.2. The van der Waals surface area contributed by atoms with Crippen molar-refractivity contribution in [3.05, 3.63) is 64.2 Å². The third-order valence-corrected chi connectivity index (χ3v) is 7.93. The molecule has 11 heteroatoms. The van der Waals surface area contributed by atoms with E-state index in [1.165, 1.54) is 47.0 Å². The molecule has 0 unspecified atom stereocenters. The van der Waals surface area contributed by atoms with Crippen molar-refractivity contribution in [3.63, 3.8) is 0 Å². The van der Waals surface area contributed by atoms with Crippen molar-refractivity contribution in [2.75, 3.05) is 6.61 Å². The molecule has 10 nitrogen and oxygen atoms in total. The minimum atomic E-state index is -1.25. The molecule has 1 aliphatic heterocycles. The largest absolute Gasteiger partial charge is 0.490 e. The predicted octanol–water partition coefficient (Wildman–Crippen LogP) is 5.44. The van der Waals surface area contributed by atoms with Crippen LogP contribution in [0.3, 0.4) is 0 Å². The van der Waals surface area contributed by atoms with Crippen molar-refractivity contribution in [1.29, 1.82) is 0 Å². The monoisotopic (exact) mass is 630 g/mol. The summed E-state index contributed by atoms with van der Waals surface area (Å²) in [7, 11) is 0. The van der Waals surface area contributed by atoms with Gasteiger partial charge < -0.3 is 28.4 Å². The molecule has 0 amide bonds. The highest BCUT2D eigenvalue weighted by molar-refractivity contribution is 6.31. The molecule has 2 aliphatic rings. The highest BCUT2D eigenvalue weighted by Gasteiger charge is 2.52. The van der Waals surface area contributed by atoms with Gasteiger partial charge in [-0.15, -0.1) is 0 Å². The molecule has 44 heavy (non-hydrogen) atoms. The lowest BCUT2D eigenvalue weighted by atomic mass is 9.89. The number of hydrogen-bond acceptors (Lipinski definition) is 10. The number of rotatable bonds is 10. The highest BCUT2D eigenvalue weighted by Crippen LogP contribution is 2.39. The van der Waals surface area contributed by atoms with Gasteiger partial charge in [0.15, 0.2) is 18.3 Å². The zero-order chi connectivity index (χ0) is 31.8. The van der Waals surface area contributed by atoms with Crippen molar-refractivity contribution in [2.24, 2.45) is 0 Å². The Morgan fingerprint density at radius 1 is 0.773 bits per heavy atom. The summed E-state index contributed by atoms with van der Waals surface area (Å²) in [5.41, 5.74) is 2.35. The van der Waals surface area contributed by atoms with Crippen LogP contribution in [0.15, 0.2) is 42.5 Å². The molecule has 0 radical (unpaired) electrons. The van der Waals surface area contributed by atoms with Crippen LogP contribution in [0.4, 0.5) is 0 Å². The summed E-state index contributed by atoms with van der Waals surface area (Å²) in [5.74, 6) is -1.79. The molecule has 1 saturated carbocycles. The van der Waals surface area contributed by atoms with Gasteiger partial charge in [-0.05, 0) is 67.0 Å². The van der Waals surface area contributed by atoms with Crippen molar-refractivity contribution in [2.45, 2.75) is 103 Å². The molecule has 238 valence electrons. The maximum atomic E-state index is 12.2. The molecule has 2 aromatic carbocycles. The van der Waals surface area contributed by atoms with Gasteiger partial charge in [0.2, 0.25) is 0 Å². The average Bonchev–Trinajstić information content (AvgIpc) is 2.96. The van der Waals surface area contributed by atoms with Crippen LogP contribution in [0.2, 0.25) is 5.02 Å². The summed E-state index contributed by atoms with van der Waals surface area (Å²) in [6, 6.07) is 13.2. The first-order valence-corrected chi connectivity index (χ1v) is 15.2. The maximum absolute atomic E-state index is 12.2. The Morgan fingerprint density at radius 3 is 2.00 bits per heavy atom. The van der Waals surface area contributed by atoms with Crippen molar-refractivity contribution in [3.8, 4) is 5.75 Å². The summed E-state index contributed by atoms with van der Waals surface area (Å²) < 4.78 is 34.3. The molecule has 2 fully saturated rings. The Balaban J connectivity index is 1.63. The smallest absolute Gasteiger partial charge is 0.303 e. The Bertz CT molecular complexity index is 1320. The Morgan fingerprint density at radius 2 is 1.39 bits per heavy atom. The molecule has 1 heterocycles. The zero-order valence-electron chi connectivity index (χ0n) is 25.4. The summed E-state index contributed by atoms with van der Waals surface area (Å²) >= 11 is 6.62. The maximum Gasteiger partial charge on any atom is 0.303 e. The topological polar surface area (TPSA) is 124 Å². The van der Waals surface area contributed by atoms with E-state index in [9.17, 15) is 19.2 Å². The number of carbonyl (C=O) groups excluding carboxylic acids is 4. The molecule has 0 spiro atoms. The molecule has 0 N–H and O–H groups in total. The number of ether oxygens (including phenoxy) is 6. The molecule has 2 aromatic rings. The van der Waals surface area contributed by atoms with Gasteiger partial charge in [0.25, 0.3) is 0 Å². The Hall–Kier alpha value is -3.63. The van der Waals surface area contributed by atoms with E-state index in [0.717, 1.165) is 29.7 Å². The Kier molecular flexibility index (Phi) is 11.6. The van der Waals surface area contributed by atoms with Crippen LogP contribution in [0.1, 0.15) is 82.6 Å². The number of hydrogen-bond donors (Lipinski definition) is 0. The highest BCUT2D eigenvalue weighted by atomic mass is 35.5. The average molecular weight is 631 g/mol. The molecule has 1 saturated heterocycles. The van der Waals surface area contributed by atoms with Crippen molar-refractivity contribution < 1.29 is 47.6 Å². The zero-order valence-corrected chi connectivity index (χ0v) is 26.2. The van der Waals surface area contributed by atoms with E-state index in [1.54, 1.807) is 12.1 Å². The van der Waals surface area contributed by atoms with E-state index in [-0.39, 0.29) is 12.7 Å². The quantitative estimate of drug-likeness (QED) is 0.248. The molecule has 5 atom stereocenters. The van der Waals surface area contributed by atoms with Crippen LogP contribution in [-0.4, -0.2) is 61.0 Å². The standard InChI is InChI=1S/C33H39ClO10/c1-19(35)39-18-29-31(40-20(2)36)33(42-22(4)38)32(41-21(3)37)30(44-29)24-12-15-28(34)25(17-24)16-23-10-13-27(14-11-23)43-26-8-6-5-7-9-26/h10-15,17,26,29-33H,5-9,16,18H2,1-4H3/t29-,30+,31-,32+,33+/m1/s1. The number of halogens is 1. The predicted molar refractivity (Wildman–Crippen MR) is 159 cm³/mol. The van der Waals surface area contributed by atoms with Crippen molar-refractivity contribution in [1.82, 2.24) is 0 Å². The third kappa shape index (κ3) is 9.19. The van der Waals surface area contributed by atoms with Crippen LogP contribution >= 0.6 is 11.6 Å². The lowest BCUT2D eigenvalue weighted by Gasteiger charge is -2.44. The lowest BCUT2D eigenvalue weighted by Crippen LogP contribution is -2.59. The van der Waals surface area contributed by atoms with E-state index in [0.29, 0.717) is 17.0 Å². The van der Waals surface area contributed by atoms with Gasteiger partial charge in [-0.25, -0.2) is 0 Å². The first-order chi connectivity index (χ1) is 21.0. The minimum Gasteiger partial charge on any atom is -0.490 e. The third-order valence-electron chi connectivity index (χ3n) is 7.56. The van der Waals surface area contributed by atoms with Crippen LogP contribution in [-0.2, 0) is 49.3 Å². The van der Waals surface area contributed by atoms with E-state index < -0.39 is 54.4 Å². The molecule has 0 aromatic heterocycles. The van der Waals surface area contributed by atoms with E-state index in [1.807, 2.05) is 30.3 Å². The van der Waals surface area contributed by atoms with Crippen LogP contribution < -0.4 is 4.74 Å². The van der Waals surface area contributed by atoms with Gasteiger partial charge in [-0.2, -0.15) is 0 Å². The number of esters is 4. The normalized spacial score (nSPS) is 23.7. The van der Waals surface area contributed by atoms with Gasteiger partial charge >= 0.3 is 23.9 Å². The minimum absolute atomic E-state index is 0.252. The van der Waals surface area contributed by atoms with Gasteiger partial charge in [0.1, 0.15) is 24.6 Å².